The number of benzene rings is 1. The van der Waals surface area contributed by atoms with E-state index in [1.54, 1.807) is 4.68 Å². The minimum Gasteiger partial charge on any atom is -0.399 e. The van der Waals surface area contributed by atoms with Crippen molar-refractivity contribution in [3.8, 4) is 0 Å². The molecular weight excluding hydrogens is 279 g/mol. The van der Waals surface area contributed by atoms with E-state index in [-0.39, 0.29) is 17.3 Å². The fourth-order valence-corrected chi connectivity index (χ4v) is 2.52. The number of aromatic nitrogens is 2. The minimum atomic E-state index is -0.506. The molecule has 20 heavy (non-hydrogen) atoms. The van der Waals surface area contributed by atoms with Crippen LogP contribution in [0.5, 0.6) is 0 Å². The third kappa shape index (κ3) is 3.51. The Morgan fingerprint density at radius 3 is 2.90 bits per heavy atom. The number of nitrogens with two attached hydrogens (primary N) is 1. The van der Waals surface area contributed by atoms with Crippen LogP contribution in [-0.2, 0) is 11.8 Å². The van der Waals surface area contributed by atoms with Crippen LogP contribution in [0.15, 0.2) is 29.3 Å². The molecule has 1 aromatic carbocycles. The first-order valence-electron chi connectivity index (χ1n) is 5.94. The van der Waals surface area contributed by atoms with Crippen LogP contribution in [0.2, 0.25) is 0 Å². The van der Waals surface area contributed by atoms with Gasteiger partial charge in [0.2, 0.25) is 5.91 Å². The van der Waals surface area contributed by atoms with Crippen molar-refractivity contribution < 1.29 is 9.18 Å². The first kappa shape index (κ1) is 14.4. The number of nitrogens with zero attached hydrogens (tertiary/aromatic N) is 2. The third-order valence-electron chi connectivity index (χ3n) is 2.57. The second kappa shape index (κ2) is 5.96. The van der Waals surface area contributed by atoms with E-state index >= 15 is 0 Å². The Labute approximate surface area is 120 Å². The zero-order valence-corrected chi connectivity index (χ0v) is 12.0. The highest BCUT2D eigenvalue weighted by atomic mass is 32.2. The lowest BCUT2D eigenvalue weighted by atomic mass is 10.2. The van der Waals surface area contributed by atoms with Gasteiger partial charge in [0, 0.05) is 12.7 Å². The molecule has 0 radical (unpaired) electrons. The molecule has 3 N–H and O–H groups in total. The Kier molecular flexibility index (Phi) is 4.29. The summed E-state index contributed by atoms with van der Waals surface area (Å²) in [5.74, 6) is -0.625. The quantitative estimate of drug-likeness (QED) is 0.669. The number of hydrogen-bond acceptors (Lipinski definition) is 4. The largest absolute Gasteiger partial charge is 0.399 e. The predicted octanol–water partition coefficient (Wildman–Crippen LogP) is 2.18. The molecule has 0 fully saturated rings. The summed E-state index contributed by atoms with van der Waals surface area (Å²) in [6.07, 6.45) is 0. The maximum Gasteiger partial charge on any atom is 0.234 e. The molecule has 106 valence electrons. The molecule has 2 aromatic rings. The Morgan fingerprint density at radius 1 is 1.50 bits per heavy atom. The lowest BCUT2D eigenvalue weighted by molar-refractivity contribution is -0.113. The third-order valence-corrected chi connectivity index (χ3v) is 3.66. The van der Waals surface area contributed by atoms with Crippen molar-refractivity contribution in [3.05, 3.63) is 35.8 Å². The molecule has 5 nitrogen and oxygen atoms in total. The number of thioether (sulfide) groups is 1. The number of nitrogen functional groups attached to an aromatic ring is 1. The summed E-state index contributed by atoms with van der Waals surface area (Å²) in [6, 6.07) is 5.95. The van der Waals surface area contributed by atoms with Gasteiger partial charge in [-0.2, -0.15) is 5.10 Å². The van der Waals surface area contributed by atoms with Crippen LogP contribution in [0.4, 0.5) is 15.8 Å². The van der Waals surface area contributed by atoms with E-state index in [1.807, 2.05) is 20.0 Å². The van der Waals surface area contributed by atoms with Gasteiger partial charge in [0.25, 0.3) is 0 Å². The summed E-state index contributed by atoms with van der Waals surface area (Å²) in [5, 5.41) is 7.57. The number of amides is 1. The SMILES string of the molecule is Cc1cc(SCC(=O)Nc2cc(N)ccc2F)n(C)n1. The fourth-order valence-electron chi connectivity index (χ4n) is 1.69. The number of aryl methyl sites for hydroxylation is 2. The van der Waals surface area contributed by atoms with Gasteiger partial charge in [0.1, 0.15) is 5.82 Å². The number of hydrogen-bond donors (Lipinski definition) is 2. The van der Waals surface area contributed by atoms with Crippen LogP contribution in [0.1, 0.15) is 5.69 Å². The van der Waals surface area contributed by atoms with Gasteiger partial charge in [0.15, 0.2) is 0 Å². The molecule has 0 aliphatic carbocycles. The summed E-state index contributed by atoms with van der Waals surface area (Å²) < 4.78 is 15.2. The molecule has 0 spiro atoms. The van der Waals surface area contributed by atoms with Crippen molar-refractivity contribution in [1.82, 2.24) is 9.78 Å². The van der Waals surface area contributed by atoms with Gasteiger partial charge in [-0.25, -0.2) is 4.39 Å². The molecule has 1 heterocycles. The lowest BCUT2D eigenvalue weighted by Gasteiger charge is -2.07. The second-order valence-corrected chi connectivity index (χ2v) is 5.32. The maximum absolute atomic E-state index is 13.5. The number of carbonyl (C=O) groups is 1. The molecule has 0 aliphatic heterocycles. The number of nitrogens with one attached hydrogen (secondary N) is 1. The molecule has 0 aliphatic rings. The molecule has 2 rings (SSSR count). The van der Waals surface area contributed by atoms with E-state index < -0.39 is 5.82 Å². The Hall–Kier alpha value is -2.02. The van der Waals surface area contributed by atoms with E-state index in [0.717, 1.165) is 10.7 Å². The van der Waals surface area contributed by atoms with Gasteiger partial charge < -0.3 is 11.1 Å². The highest BCUT2D eigenvalue weighted by Crippen LogP contribution is 2.20. The first-order valence-corrected chi connectivity index (χ1v) is 6.92. The van der Waals surface area contributed by atoms with E-state index in [4.69, 9.17) is 5.73 Å². The Morgan fingerprint density at radius 2 is 2.25 bits per heavy atom. The number of halogens is 1. The molecule has 0 bridgehead atoms. The van der Waals surface area contributed by atoms with E-state index in [9.17, 15) is 9.18 Å². The average molecular weight is 294 g/mol. The molecular formula is C13H15FN4OS. The molecule has 0 unspecified atom stereocenters. The van der Waals surface area contributed by atoms with Crippen molar-refractivity contribution in [2.24, 2.45) is 7.05 Å². The summed E-state index contributed by atoms with van der Waals surface area (Å²) in [5.41, 5.74) is 6.94. The summed E-state index contributed by atoms with van der Waals surface area (Å²) in [6.45, 7) is 1.88. The van der Waals surface area contributed by atoms with Gasteiger partial charge >= 0.3 is 0 Å². The predicted molar refractivity (Wildman–Crippen MR) is 78.1 cm³/mol. The van der Waals surface area contributed by atoms with E-state index in [2.05, 4.69) is 10.4 Å². The summed E-state index contributed by atoms with van der Waals surface area (Å²) in [4.78, 5) is 11.8. The highest BCUT2D eigenvalue weighted by molar-refractivity contribution is 7.99. The Bertz CT molecular complexity index is 641. The Balaban J connectivity index is 1.96. The van der Waals surface area contributed by atoms with Gasteiger partial charge in [-0.05, 0) is 31.2 Å². The first-order chi connectivity index (χ1) is 9.45. The normalized spacial score (nSPS) is 10.6. The topological polar surface area (TPSA) is 72.9 Å². The van der Waals surface area contributed by atoms with Crippen molar-refractivity contribution in [2.75, 3.05) is 16.8 Å². The van der Waals surface area contributed by atoms with Crippen LogP contribution in [-0.4, -0.2) is 21.4 Å². The average Bonchev–Trinajstić information content (AvgIpc) is 2.70. The molecule has 1 aromatic heterocycles. The highest BCUT2D eigenvalue weighted by Gasteiger charge is 2.10. The van der Waals surface area contributed by atoms with Crippen LogP contribution >= 0.6 is 11.8 Å². The number of rotatable bonds is 4. The summed E-state index contributed by atoms with van der Waals surface area (Å²) >= 11 is 1.34. The summed E-state index contributed by atoms with van der Waals surface area (Å²) in [7, 11) is 1.81. The van der Waals surface area contributed by atoms with Crippen molar-refractivity contribution >= 4 is 29.0 Å². The van der Waals surface area contributed by atoms with Gasteiger partial charge in [-0.15, -0.1) is 0 Å². The van der Waals surface area contributed by atoms with E-state index in [0.29, 0.717) is 5.69 Å². The molecule has 0 atom stereocenters. The fraction of sp³-hybridized carbons (Fsp3) is 0.231. The second-order valence-electron chi connectivity index (χ2n) is 4.32. The zero-order chi connectivity index (χ0) is 14.7. The van der Waals surface area contributed by atoms with Crippen LogP contribution in [0.25, 0.3) is 0 Å². The minimum absolute atomic E-state index is 0.0942. The molecule has 1 amide bonds. The van der Waals surface area contributed by atoms with Gasteiger partial charge in [-0.3, -0.25) is 9.48 Å². The van der Waals surface area contributed by atoms with Gasteiger partial charge in [0.05, 0.1) is 22.2 Å². The standard InChI is InChI=1S/C13H15FN4OS/c1-8-5-13(18(2)17-8)20-7-12(19)16-11-6-9(15)3-4-10(11)14/h3-6H,7,15H2,1-2H3,(H,16,19). The molecule has 0 saturated carbocycles. The van der Waals surface area contributed by atoms with Crippen molar-refractivity contribution in [1.29, 1.82) is 0 Å². The van der Waals surface area contributed by atoms with Crippen LogP contribution in [0, 0.1) is 12.7 Å². The van der Waals surface area contributed by atoms with Crippen LogP contribution < -0.4 is 11.1 Å². The van der Waals surface area contributed by atoms with E-state index in [1.165, 1.54) is 30.0 Å². The van der Waals surface area contributed by atoms with Crippen molar-refractivity contribution in [2.45, 2.75) is 11.9 Å². The number of anilines is 2. The zero-order valence-electron chi connectivity index (χ0n) is 11.2. The number of carbonyl (C=O) groups excluding carboxylic acids is 1. The molecule has 0 saturated heterocycles. The molecule has 7 heteroatoms. The monoisotopic (exact) mass is 294 g/mol. The lowest BCUT2D eigenvalue weighted by Crippen LogP contribution is -2.15. The maximum atomic E-state index is 13.5. The smallest absolute Gasteiger partial charge is 0.234 e. The van der Waals surface area contributed by atoms with Gasteiger partial charge in [-0.1, -0.05) is 11.8 Å². The van der Waals surface area contributed by atoms with Crippen molar-refractivity contribution in [3.63, 3.8) is 0 Å². The van der Waals surface area contributed by atoms with Crippen LogP contribution in [0.3, 0.4) is 0 Å².